The van der Waals surface area contributed by atoms with E-state index < -0.39 is 6.10 Å². The van der Waals surface area contributed by atoms with Crippen LogP contribution in [0, 0.1) is 5.82 Å². The Morgan fingerprint density at radius 2 is 2.24 bits per heavy atom. The van der Waals surface area contributed by atoms with Crippen molar-refractivity contribution in [2.24, 2.45) is 0 Å². The Morgan fingerprint density at radius 3 is 2.88 bits per heavy atom. The molecule has 0 aliphatic rings. The molecule has 0 saturated carbocycles. The summed E-state index contributed by atoms with van der Waals surface area (Å²) < 4.78 is 17.9. The van der Waals surface area contributed by atoms with Crippen LogP contribution in [-0.4, -0.2) is 43.4 Å². The van der Waals surface area contributed by atoms with Gasteiger partial charge in [0.05, 0.1) is 12.7 Å². The lowest BCUT2D eigenvalue weighted by Crippen LogP contribution is -2.31. The van der Waals surface area contributed by atoms with E-state index in [4.69, 9.17) is 16.3 Å². The Hall–Kier alpha value is -0.680. The second-order valence-electron chi connectivity index (χ2n) is 4.04. The molecule has 17 heavy (non-hydrogen) atoms. The van der Waals surface area contributed by atoms with Gasteiger partial charge in [0.25, 0.3) is 0 Å². The largest absolute Gasteiger partial charge is 0.389 e. The van der Waals surface area contributed by atoms with E-state index >= 15 is 0 Å². The zero-order valence-corrected chi connectivity index (χ0v) is 10.7. The van der Waals surface area contributed by atoms with Gasteiger partial charge in [0.2, 0.25) is 0 Å². The van der Waals surface area contributed by atoms with E-state index in [-0.39, 0.29) is 12.4 Å². The van der Waals surface area contributed by atoms with Gasteiger partial charge in [-0.05, 0) is 30.8 Å². The molecule has 3 nitrogen and oxygen atoms in total. The van der Waals surface area contributed by atoms with Crippen molar-refractivity contribution < 1.29 is 14.2 Å². The molecule has 1 unspecified atom stereocenters. The first-order valence-electron chi connectivity index (χ1n) is 5.32. The van der Waals surface area contributed by atoms with Crippen LogP contribution < -0.4 is 0 Å². The van der Waals surface area contributed by atoms with Gasteiger partial charge in [-0.3, -0.25) is 4.90 Å². The quantitative estimate of drug-likeness (QED) is 0.849. The van der Waals surface area contributed by atoms with Gasteiger partial charge in [-0.1, -0.05) is 11.6 Å². The fourth-order valence-electron chi connectivity index (χ4n) is 1.62. The van der Waals surface area contributed by atoms with E-state index in [2.05, 4.69) is 0 Å². The van der Waals surface area contributed by atoms with Gasteiger partial charge in [-0.15, -0.1) is 0 Å². The number of hydrogen-bond acceptors (Lipinski definition) is 3. The van der Waals surface area contributed by atoms with Crippen LogP contribution in [0.1, 0.15) is 5.56 Å². The number of benzene rings is 1. The third kappa shape index (κ3) is 5.00. The third-order valence-corrected chi connectivity index (χ3v) is 2.70. The highest BCUT2D eigenvalue weighted by Gasteiger charge is 2.10. The molecular weight excluding hydrogens is 245 g/mol. The molecule has 0 bridgehead atoms. The van der Waals surface area contributed by atoms with Crippen molar-refractivity contribution in [3.8, 4) is 0 Å². The monoisotopic (exact) mass is 261 g/mol. The number of ether oxygens (including phenoxy) is 1. The summed E-state index contributed by atoms with van der Waals surface area (Å²) in [5.74, 6) is -0.310. The summed E-state index contributed by atoms with van der Waals surface area (Å²) in [5, 5.41) is 10.1. The Labute approximate surface area is 106 Å². The van der Waals surface area contributed by atoms with Gasteiger partial charge < -0.3 is 9.84 Å². The number of aliphatic hydroxyl groups excluding tert-OH is 1. The van der Waals surface area contributed by atoms with E-state index in [0.29, 0.717) is 23.7 Å². The molecule has 0 saturated heterocycles. The summed E-state index contributed by atoms with van der Waals surface area (Å²) in [6.45, 7) is 1.21. The minimum atomic E-state index is -0.558. The van der Waals surface area contributed by atoms with Crippen LogP contribution in [0.3, 0.4) is 0 Å². The smallest absolute Gasteiger partial charge is 0.123 e. The maximum Gasteiger partial charge on any atom is 0.123 e. The third-order valence-electron chi connectivity index (χ3n) is 2.33. The fraction of sp³-hybridized carbons (Fsp3) is 0.500. The van der Waals surface area contributed by atoms with E-state index in [1.165, 1.54) is 25.3 Å². The van der Waals surface area contributed by atoms with Crippen LogP contribution in [0.5, 0.6) is 0 Å². The first-order valence-corrected chi connectivity index (χ1v) is 5.70. The van der Waals surface area contributed by atoms with Crippen molar-refractivity contribution in [1.82, 2.24) is 4.90 Å². The highest BCUT2D eigenvalue weighted by Crippen LogP contribution is 2.18. The highest BCUT2D eigenvalue weighted by atomic mass is 35.5. The zero-order chi connectivity index (χ0) is 12.8. The second kappa shape index (κ2) is 6.91. The molecule has 0 amide bonds. The fourth-order valence-corrected chi connectivity index (χ4v) is 1.80. The summed E-state index contributed by atoms with van der Waals surface area (Å²) in [4.78, 5) is 1.87. The van der Waals surface area contributed by atoms with Crippen molar-refractivity contribution >= 4 is 11.6 Å². The average Bonchev–Trinajstić information content (AvgIpc) is 2.23. The maximum absolute atomic E-state index is 13.0. The molecule has 1 aromatic carbocycles. The predicted octanol–water partition coefficient (Wildman–Crippen LogP) is 1.92. The number of likely N-dealkylation sites (N-methyl/N-ethyl adjacent to an activating group) is 1. The van der Waals surface area contributed by atoms with Gasteiger partial charge >= 0.3 is 0 Å². The number of hydrogen-bond donors (Lipinski definition) is 1. The minimum Gasteiger partial charge on any atom is -0.389 e. The molecule has 0 aromatic heterocycles. The van der Waals surface area contributed by atoms with Crippen LogP contribution in [0.4, 0.5) is 4.39 Å². The van der Waals surface area contributed by atoms with Gasteiger partial charge in [0.1, 0.15) is 5.82 Å². The van der Waals surface area contributed by atoms with Crippen LogP contribution in [0.25, 0.3) is 0 Å². The van der Waals surface area contributed by atoms with Gasteiger partial charge in [0.15, 0.2) is 0 Å². The Kier molecular flexibility index (Phi) is 5.85. The SMILES string of the molecule is COCC(O)CN(C)Cc1cc(F)ccc1Cl. The summed E-state index contributed by atoms with van der Waals surface area (Å²) in [7, 11) is 3.37. The predicted molar refractivity (Wildman–Crippen MR) is 65.6 cm³/mol. The Balaban J connectivity index is 2.55. The number of rotatable bonds is 6. The summed E-state index contributed by atoms with van der Waals surface area (Å²) in [6, 6.07) is 4.26. The standard InChI is InChI=1S/C12H17ClFNO2/c1-15(7-11(16)8-17-2)6-9-5-10(14)3-4-12(9)13/h3-5,11,16H,6-8H2,1-2H3. The lowest BCUT2D eigenvalue weighted by atomic mass is 10.2. The van der Waals surface area contributed by atoms with E-state index in [0.717, 1.165) is 0 Å². The van der Waals surface area contributed by atoms with Crippen molar-refractivity contribution in [2.75, 3.05) is 27.3 Å². The maximum atomic E-state index is 13.0. The van der Waals surface area contributed by atoms with Crippen molar-refractivity contribution in [3.63, 3.8) is 0 Å². The van der Waals surface area contributed by atoms with Gasteiger partial charge in [-0.25, -0.2) is 4.39 Å². The van der Waals surface area contributed by atoms with Crippen molar-refractivity contribution in [2.45, 2.75) is 12.6 Å². The normalized spacial score (nSPS) is 13.1. The molecule has 0 aliphatic heterocycles. The van der Waals surface area contributed by atoms with Gasteiger partial charge in [-0.2, -0.15) is 0 Å². The molecular formula is C12H17ClFNO2. The molecule has 1 aromatic rings. The number of methoxy groups -OCH3 is 1. The number of nitrogens with zero attached hydrogens (tertiary/aromatic N) is 1. The highest BCUT2D eigenvalue weighted by molar-refractivity contribution is 6.31. The van der Waals surface area contributed by atoms with Crippen LogP contribution in [0.2, 0.25) is 5.02 Å². The molecule has 96 valence electrons. The van der Waals surface area contributed by atoms with E-state index in [1.54, 1.807) is 0 Å². The molecule has 0 radical (unpaired) electrons. The average molecular weight is 262 g/mol. The van der Waals surface area contributed by atoms with Crippen LogP contribution in [0.15, 0.2) is 18.2 Å². The molecule has 1 N–H and O–H groups in total. The van der Waals surface area contributed by atoms with Gasteiger partial charge in [0, 0.05) is 25.2 Å². The number of halogens is 2. The molecule has 5 heteroatoms. The Morgan fingerprint density at radius 1 is 1.53 bits per heavy atom. The molecule has 1 atom stereocenters. The van der Waals surface area contributed by atoms with Crippen LogP contribution >= 0.6 is 11.6 Å². The summed E-state index contributed by atoms with van der Waals surface area (Å²) >= 11 is 5.96. The van der Waals surface area contributed by atoms with E-state index in [9.17, 15) is 9.50 Å². The van der Waals surface area contributed by atoms with Crippen molar-refractivity contribution in [1.29, 1.82) is 0 Å². The second-order valence-corrected chi connectivity index (χ2v) is 4.45. The molecule has 1 rings (SSSR count). The first-order chi connectivity index (χ1) is 8.02. The number of aliphatic hydroxyl groups is 1. The molecule has 0 spiro atoms. The first kappa shape index (κ1) is 14.4. The lowest BCUT2D eigenvalue weighted by molar-refractivity contribution is 0.0419. The summed E-state index contributed by atoms with van der Waals surface area (Å²) in [5.41, 5.74) is 0.707. The zero-order valence-electron chi connectivity index (χ0n) is 9.99. The minimum absolute atomic E-state index is 0.279. The Bertz CT molecular complexity index is 362. The molecule has 0 heterocycles. The lowest BCUT2D eigenvalue weighted by Gasteiger charge is -2.20. The van der Waals surface area contributed by atoms with Crippen LogP contribution in [-0.2, 0) is 11.3 Å². The molecule has 0 fully saturated rings. The molecule has 0 aliphatic carbocycles. The summed E-state index contributed by atoms with van der Waals surface area (Å²) in [6.07, 6.45) is -0.558. The topological polar surface area (TPSA) is 32.7 Å². The van der Waals surface area contributed by atoms with Crippen molar-refractivity contribution in [3.05, 3.63) is 34.6 Å². The van der Waals surface area contributed by atoms with E-state index in [1.807, 2.05) is 11.9 Å².